The molecular formula is C11H12BN2O2. The number of carbonyl (C=O) groups excluding carboxylic acids is 2. The van der Waals surface area contributed by atoms with Crippen molar-refractivity contribution in [1.82, 2.24) is 9.79 Å². The Bertz CT molecular complexity index is 383. The SMILES string of the molecule is O=C[B]N1CCC(=O)C(c2ccncc2)C1. The van der Waals surface area contributed by atoms with Gasteiger partial charge >= 0.3 is 0 Å². The Morgan fingerprint density at radius 3 is 2.88 bits per heavy atom. The number of Topliss-reactive ketones (excluding diaryl/α,β-unsaturated/α-hetero) is 1. The summed E-state index contributed by atoms with van der Waals surface area (Å²) in [6.45, 7) is 1.22. The summed E-state index contributed by atoms with van der Waals surface area (Å²) >= 11 is 0. The Morgan fingerprint density at radius 1 is 1.44 bits per heavy atom. The van der Waals surface area contributed by atoms with E-state index in [1.807, 2.05) is 16.9 Å². The fourth-order valence-corrected chi connectivity index (χ4v) is 1.96. The Kier molecular flexibility index (Phi) is 3.46. The van der Waals surface area contributed by atoms with Crippen molar-refractivity contribution in [3.05, 3.63) is 30.1 Å². The highest BCUT2D eigenvalue weighted by atomic mass is 16.1. The van der Waals surface area contributed by atoms with Gasteiger partial charge in [-0.1, -0.05) is 0 Å². The van der Waals surface area contributed by atoms with E-state index in [0.29, 0.717) is 19.5 Å². The highest BCUT2D eigenvalue weighted by Gasteiger charge is 2.28. The molecule has 1 aromatic rings. The van der Waals surface area contributed by atoms with Crippen molar-refractivity contribution < 1.29 is 9.59 Å². The van der Waals surface area contributed by atoms with E-state index < -0.39 is 0 Å². The van der Waals surface area contributed by atoms with Crippen LogP contribution in [0.25, 0.3) is 0 Å². The fraction of sp³-hybridized carbons (Fsp3) is 0.364. The van der Waals surface area contributed by atoms with Crippen LogP contribution >= 0.6 is 0 Å². The average Bonchev–Trinajstić information content (AvgIpc) is 2.33. The molecule has 1 fully saturated rings. The van der Waals surface area contributed by atoms with Crippen LogP contribution in [0.4, 0.5) is 0 Å². The van der Waals surface area contributed by atoms with E-state index in [2.05, 4.69) is 4.98 Å². The van der Waals surface area contributed by atoms with Crippen molar-refractivity contribution in [1.29, 1.82) is 0 Å². The van der Waals surface area contributed by atoms with Gasteiger partial charge in [0.15, 0.2) is 0 Å². The first-order valence-electron chi connectivity index (χ1n) is 5.26. The smallest absolute Gasteiger partial charge is 0.293 e. The lowest BCUT2D eigenvalue weighted by atomic mass is 9.83. The first-order chi connectivity index (χ1) is 7.81. The second-order valence-corrected chi connectivity index (χ2v) is 3.83. The highest BCUT2D eigenvalue weighted by molar-refractivity contribution is 6.64. The third kappa shape index (κ3) is 2.36. The molecule has 1 aliphatic rings. The summed E-state index contributed by atoms with van der Waals surface area (Å²) in [5.74, 6) is 0.106. The van der Waals surface area contributed by atoms with Crippen LogP contribution < -0.4 is 0 Å². The van der Waals surface area contributed by atoms with Gasteiger partial charge < -0.3 is 9.61 Å². The summed E-state index contributed by atoms with van der Waals surface area (Å²) in [4.78, 5) is 28.0. The number of carbonyl (C=O) groups is 2. The molecule has 2 rings (SSSR count). The largest absolute Gasteiger partial charge is 0.339 e. The molecule has 0 saturated carbocycles. The zero-order chi connectivity index (χ0) is 11.4. The maximum atomic E-state index is 11.8. The summed E-state index contributed by atoms with van der Waals surface area (Å²) in [6, 6.07) is 3.71. The molecule has 2 heterocycles. The van der Waals surface area contributed by atoms with Crippen molar-refractivity contribution in [2.45, 2.75) is 12.3 Å². The van der Waals surface area contributed by atoms with Gasteiger partial charge in [0, 0.05) is 25.4 Å². The Morgan fingerprint density at radius 2 is 2.19 bits per heavy atom. The topological polar surface area (TPSA) is 50.3 Å². The third-order valence-corrected chi connectivity index (χ3v) is 2.83. The second-order valence-electron chi connectivity index (χ2n) is 3.83. The third-order valence-electron chi connectivity index (χ3n) is 2.83. The molecule has 16 heavy (non-hydrogen) atoms. The first kappa shape index (κ1) is 11.0. The molecule has 0 N–H and O–H groups in total. The quantitative estimate of drug-likeness (QED) is 0.535. The molecule has 1 aromatic heterocycles. The number of piperidine rings is 1. The molecule has 5 heteroatoms. The van der Waals surface area contributed by atoms with E-state index in [1.54, 1.807) is 12.4 Å². The minimum Gasteiger partial charge on any atom is -0.339 e. The predicted molar refractivity (Wildman–Crippen MR) is 60.7 cm³/mol. The van der Waals surface area contributed by atoms with Crippen molar-refractivity contribution in [2.75, 3.05) is 13.1 Å². The number of hydrogen-bond donors (Lipinski definition) is 0. The zero-order valence-corrected chi connectivity index (χ0v) is 8.87. The number of hydrogen-bond acceptors (Lipinski definition) is 4. The maximum absolute atomic E-state index is 11.8. The number of rotatable bonds is 3. The minimum absolute atomic E-state index is 0.132. The molecule has 0 aliphatic carbocycles. The summed E-state index contributed by atoms with van der Waals surface area (Å²) in [7, 11) is 1.50. The average molecular weight is 215 g/mol. The van der Waals surface area contributed by atoms with Crippen LogP contribution in [0.3, 0.4) is 0 Å². The zero-order valence-electron chi connectivity index (χ0n) is 8.87. The van der Waals surface area contributed by atoms with Gasteiger partial charge in [-0.25, -0.2) is 0 Å². The lowest BCUT2D eigenvalue weighted by molar-refractivity contribution is -0.122. The van der Waals surface area contributed by atoms with Crippen LogP contribution in [-0.2, 0) is 9.59 Å². The highest BCUT2D eigenvalue weighted by Crippen LogP contribution is 2.22. The lowest BCUT2D eigenvalue weighted by Crippen LogP contribution is -2.42. The predicted octanol–water partition coefficient (Wildman–Crippen LogP) is 0.249. The molecule has 1 atom stereocenters. The van der Waals surface area contributed by atoms with Crippen LogP contribution in [-0.4, -0.2) is 42.3 Å². The van der Waals surface area contributed by atoms with E-state index in [0.717, 1.165) is 11.7 Å². The van der Waals surface area contributed by atoms with E-state index in [1.165, 1.54) is 7.41 Å². The molecule has 0 spiro atoms. The van der Waals surface area contributed by atoms with Crippen LogP contribution in [0.1, 0.15) is 17.9 Å². The van der Waals surface area contributed by atoms with Crippen molar-refractivity contribution in [2.24, 2.45) is 0 Å². The summed E-state index contributed by atoms with van der Waals surface area (Å²) in [5.41, 5.74) is 0.976. The van der Waals surface area contributed by atoms with E-state index in [9.17, 15) is 9.59 Å². The Hall–Kier alpha value is -1.49. The van der Waals surface area contributed by atoms with Gasteiger partial charge in [-0.05, 0) is 24.2 Å². The first-order valence-corrected chi connectivity index (χ1v) is 5.26. The fourth-order valence-electron chi connectivity index (χ4n) is 1.96. The number of aromatic nitrogens is 1. The maximum Gasteiger partial charge on any atom is 0.293 e. The summed E-state index contributed by atoms with van der Waals surface area (Å²) in [5, 5.41) is 0. The van der Waals surface area contributed by atoms with Gasteiger partial charge in [-0.2, -0.15) is 0 Å². The standard InChI is InChI=1S/C11H12BN2O2/c15-8-12-14-6-3-11(16)10(7-14)9-1-4-13-5-2-9/h1-2,4-5,8,10H,3,6-7H2. The van der Waals surface area contributed by atoms with Gasteiger partial charge in [0.05, 0.1) is 12.1 Å². The molecule has 1 aliphatic heterocycles. The molecular weight excluding hydrogens is 203 g/mol. The van der Waals surface area contributed by atoms with E-state index in [-0.39, 0.29) is 11.7 Å². The number of pyridine rings is 1. The van der Waals surface area contributed by atoms with Gasteiger partial charge in [0.1, 0.15) is 5.78 Å². The molecule has 4 nitrogen and oxygen atoms in total. The van der Waals surface area contributed by atoms with Crippen molar-refractivity contribution >= 4 is 19.4 Å². The number of ketones is 1. The minimum atomic E-state index is -0.132. The van der Waals surface area contributed by atoms with Gasteiger partial charge in [0.25, 0.3) is 7.41 Å². The molecule has 1 unspecified atom stereocenters. The Balaban J connectivity index is 2.13. The lowest BCUT2D eigenvalue weighted by Gasteiger charge is -2.30. The molecule has 0 amide bonds. The van der Waals surface area contributed by atoms with Crippen molar-refractivity contribution in [3.63, 3.8) is 0 Å². The van der Waals surface area contributed by atoms with Crippen LogP contribution in [0.2, 0.25) is 0 Å². The molecule has 0 bridgehead atoms. The van der Waals surface area contributed by atoms with Crippen molar-refractivity contribution in [3.8, 4) is 0 Å². The monoisotopic (exact) mass is 215 g/mol. The summed E-state index contributed by atoms with van der Waals surface area (Å²) in [6.07, 6.45) is 4.63. The molecule has 1 saturated heterocycles. The molecule has 1 radical (unpaired) electrons. The van der Waals surface area contributed by atoms with Crippen LogP contribution in [0.5, 0.6) is 0 Å². The van der Waals surface area contributed by atoms with Gasteiger partial charge in [-0.3, -0.25) is 9.78 Å². The van der Waals surface area contributed by atoms with Crippen LogP contribution in [0, 0.1) is 0 Å². The Labute approximate surface area is 94.9 Å². The van der Waals surface area contributed by atoms with Gasteiger partial charge in [-0.15, -0.1) is 0 Å². The molecule has 0 aromatic carbocycles. The molecule has 81 valence electrons. The number of nitrogens with zero attached hydrogens (tertiary/aromatic N) is 2. The van der Waals surface area contributed by atoms with Gasteiger partial charge in [0.2, 0.25) is 0 Å². The van der Waals surface area contributed by atoms with Crippen LogP contribution in [0.15, 0.2) is 24.5 Å². The van der Waals surface area contributed by atoms with E-state index >= 15 is 0 Å². The van der Waals surface area contributed by atoms with E-state index in [4.69, 9.17) is 0 Å². The summed E-state index contributed by atoms with van der Waals surface area (Å²) < 4.78 is 0. The second kappa shape index (κ2) is 5.03. The normalized spacial score (nSPS) is 21.8.